The first-order valence-electron chi connectivity index (χ1n) is 10.3. The molecule has 0 spiro atoms. The molecule has 0 N–H and O–H groups in total. The quantitative estimate of drug-likeness (QED) is 0.480. The molecule has 2 fully saturated rings. The summed E-state index contributed by atoms with van der Waals surface area (Å²) < 4.78 is 0. The van der Waals surface area contributed by atoms with E-state index in [1.54, 1.807) is 22.3 Å². The maximum atomic E-state index is 2.64. The summed E-state index contributed by atoms with van der Waals surface area (Å²) in [5.74, 6) is 5.56. The Balaban J connectivity index is 2.24. The van der Waals surface area contributed by atoms with E-state index in [-0.39, 0.29) is 0 Å². The topological polar surface area (TPSA) is 0 Å². The first-order chi connectivity index (χ1) is 10.9. The van der Waals surface area contributed by atoms with Crippen LogP contribution in [0.3, 0.4) is 0 Å². The summed E-state index contributed by atoms with van der Waals surface area (Å²) in [6, 6.07) is 0. The molecule has 3 aliphatic rings. The molecule has 136 valence electrons. The van der Waals surface area contributed by atoms with Crippen LogP contribution in [-0.2, 0) is 0 Å². The van der Waals surface area contributed by atoms with E-state index < -0.39 is 0 Å². The predicted molar refractivity (Wildman–Crippen MR) is 106 cm³/mol. The zero-order valence-corrected chi connectivity index (χ0v) is 18.0. The van der Waals surface area contributed by atoms with E-state index >= 15 is 0 Å². The number of allylic oxidation sites excluding steroid dienone is 4. The van der Waals surface area contributed by atoms with E-state index in [2.05, 4.69) is 76.2 Å². The molecule has 0 aromatic heterocycles. The molecular formula is C24H40. The molecule has 24 heavy (non-hydrogen) atoms. The Morgan fingerprint density at radius 2 is 1.17 bits per heavy atom. The summed E-state index contributed by atoms with van der Waals surface area (Å²) in [5.41, 5.74) is 7.39. The van der Waals surface area contributed by atoms with Crippen LogP contribution in [0.15, 0.2) is 22.3 Å². The van der Waals surface area contributed by atoms with Gasteiger partial charge in [-0.05, 0) is 84.2 Å². The van der Waals surface area contributed by atoms with Crippen LogP contribution in [0.4, 0.5) is 0 Å². The smallest absolute Gasteiger partial charge is 0.000840 e. The highest BCUT2D eigenvalue weighted by atomic mass is 14.7. The van der Waals surface area contributed by atoms with Crippen molar-refractivity contribution in [2.45, 2.75) is 76.2 Å². The van der Waals surface area contributed by atoms with Gasteiger partial charge >= 0.3 is 0 Å². The zero-order valence-electron chi connectivity index (χ0n) is 18.0. The summed E-state index contributed by atoms with van der Waals surface area (Å²) in [6.07, 6.45) is 0. The third-order valence-corrected chi connectivity index (χ3v) is 9.94. The summed E-state index contributed by atoms with van der Waals surface area (Å²) in [4.78, 5) is 0. The van der Waals surface area contributed by atoms with Gasteiger partial charge in [0.15, 0.2) is 0 Å². The minimum atomic E-state index is 0.326. The molecule has 2 saturated carbocycles. The van der Waals surface area contributed by atoms with Gasteiger partial charge in [-0.25, -0.2) is 0 Å². The van der Waals surface area contributed by atoms with Crippen molar-refractivity contribution in [3.63, 3.8) is 0 Å². The van der Waals surface area contributed by atoms with Crippen LogP contribution < -0.4 is 0 Å². The normalized spacial score (nSPS) is 50.9. The highest BCUT2D eigenvalue weighted by Crippen LogP contribution is 2.73. The molecule has 0 heterocycles. The Morgan fingerprint density at radius 1 is 0.667 bits per heavy atom. The van der Waals surface area contributed by atoms with Crippen LogP contribution in [-0.4, -0.2) is 0 Å². The number of fused-ring (bicyclic) bond motifs is 1. The minimum absolute atomic E-state index is 0.326. The second-order valence-electron chi connectivity index (χ2n) is 10.5. The van der Waals surface area contributed by atoms with Crippen LogP contribution >= 0.6 is 0 Å². The third-order valence-electron chi connectivity index (χ3n) is 9.94. The molecule has 0 nitrogen and oxygen atoms in total. The Kier molecular flexibility index (Phi) is 3.99. The van der Waals surface area contributed by atoms with Crippen LogP contribution in [0.2, 0.25) is 0 Å². The molecule has 0 amide bonds. The Bertz CT molecular complexity index is 616. The van der Waals surface area contributed by atoms with Crippen molar-refractivity contribution in [2.24, 2.45) is 52.3 Å². The summed E-state index contributed by atoms with van der Waals surface area (Å²) >= 11 is 0. The first-order valence-corrected chi connectivity index (χ1v) is 10.3. The summed E-state index contributed by atoms with van der Waals surface area (Å²) in [6.45, 7) is 27.6. The zero-order chi connectivity index (χ0) is 18.4. The van der Waals surface area contributed by atoms with Gasteiger partial charge < -0.3 is 0 Å². The van der Waals surface area contributed by atoms with E-state index in [0.29, 0.717) is 16.7 Å². The lowest BCUT2D eigenvalue weighted by atomic mass is 9.61. The lowest BCUT2D eigenvalue weighted by molar-refractivity contribution is 0.113. The third kappa shape index (κ3) is 1.87. The first kappa shape index (κ1) is 18.3. The molecule has 3 aliphatic carbocycles. The molecule has 3 rings (SSSR count). The van der Waals surface area contributed by atoms with E-state index in [0.717, 1.165) is 35.5 Å². The van der Waals surface area contributed by atoms with Gasteiger partial charge in [-0.3, -0.25) is 0 Å². The number of hydrogen-bond acceptors (Lipinski definition) is 0. The molecule has 0 radical (unpaired) electrons. The SMILES string of the molecule is CC1=C(C)C(C)C(C)=C1C1(C)C2C(C)C(C)C(C)C2C(C)(C)C1C. The molecule has 0 bridgehead atoms. The van der Waals surface area contributed by atoms with Crippen LogP contribution in [0, 0.1) is 52.3 Å². The van der Waals surface area contributed by atoms with Gasteiger partial charge in [0, 0.05) is 0 Å². The standard InChI is InChI=1S/C24H40/c1-12-13(2)16(5)20(15(12)4)24(11)19(8)23(9,10)21-17(6)14(3)18(7)22(21)24/h12,14,17-19,21-22H,1-11H3. The van der Waals surface area contributed by atoms with E-state index in [4.69, 9.17) is 0 Å². The molecule has 0 aromatic rings. The van der Waals surface area contributed by atoms with Crippen molar-refractivity contribution in [1.82, 2.24) is 0 Å². The van der Waals surface area contributed by atoms with Gasteiger partial charge in [-0.2, -0.15) is 0 Å². The predicted octanol–water partition coefficient (Wildman–Crippen LogP) is 7.13. The van der Waals surface area contributed by atoms with Gasteiger partial charge in [0.1, 0.15) is 0 Å². The highest BCUT2D eigenvalue weighted by molar-refractivity contribution is 5.52. The number of rotatable bonds is 1. The lowest BCUT2D eigenvalue weighted by Crippen LogP contribution is -2.36. The van der Waals surface area contributed by atoms with Crippen molar-refractivity contribution < 1.29 is 0 Å². The van der Waals surface area contributed by atoms with Crippen molar-refractivity contribution in [3.8, 4) is 0 Å². The van der Waals surface area contributed by atoms with Gasteiger partial charge in [0.2, 0.25) is 0 Å². The van der Waals surface area contributed by atoms with Crippen molar-refractivity contribution in [1.29, 1.82) is 0 Å². The molecule has 8 atom stereocenters. The largest absolute Gasteiger partial charge is 0.0632 e. The average Bonchev–Trinajstić information content (AvgIpc) is 2.93. The molecule has 8 unspecified atom stereocenters. The summed E-state index contributed by atoms with van der Waals surface area (Å²) in [5, 5.41) is 0. The van der Waals surface area contributed by atoms with Crippen molar-refractivity contribution in [2.75, 3.05) is 0 Å². The Hall–Kier alpha value is -0.520. The van der Waals surface area contributed by atoms with E-state index in [1.165, 1.54) is 0 Å². The molecule has 0 saturated heterocycles. The summed E-state index contributed by atoms with van der Waals surface area (Å²) in [7, 11) is 0. The fraction of sp³-hybridized carbons (Fsp3) is 0.833. The highest BCUT2D eigenvalue weighted by Gasteiger charge is 2.67. The molecule has 0 aliphatic heterocycles. The van der Waals surface area contributed by atoms with Crippen LogP contribution in [0.25, 0.3) is 0 Å². The fourth-order valence-electron chi connectivity index (χ4n) is 7.77. The second kappa shape index (κ2) is 5.24. The fourth-order valence-corrected chi connectivity index (χ4v) is 7.77. The van der Waals surface area contributed by atoms with Gasteiger partial charge in [-0.15, -0.1) is 0 Å². The van der Waals surface area contributed by atoms with E-state index in [1.807, 2.05) is 0 Å². The van der Waals surface area contributed by atoms with Gasteiger partial charge in [0.05, 0.1) is 0 Å². The van der Waals surface area contributed by atoms with Crippen LogP contribution in [0.5, 0.6) is 0 Å². The minimum Gasteiger partial charge on any atom is -0.0632 e. The Labute approximate surface area is 151 Å². The molecule has 0 heteroatoms. The van der Waals surface area contributed by atoms with Crippen molar-refractivity contribution >= 4 is 0 Å². The lowest BCUT2D eigenvalue weighted by Gasteiger charge is -2.43. The monoisotopic (exact) mass is 328 g/mol. The maximum absolute atomic E-state index is 2.64. The Morgan fingerprint density at radius 3 is 1.62 bits per heavy atom. The molecular weight excluding hydrogens is 288 g/mol. The van der Waals surface area contributed by atoms with E-state index in [9.17, 15) is 0 Å². The molecule has 0 aromatic carbocycles. The number of hydrogen-bond donors (Lipinski definition) is 0. The van der Waals surface area contributed by atoms with Crippen LogP contribution in [0.1, 0.15) is 76.2 Å². The van der Waals surface area contributed by atoms with Crippen molar-refractivity contribution in [3.05, 3.63) is 22.3 Å². The van der Waals surface area contributed by atoms with Gasteiger partial charge in [0.25, 0.3) is 0 Å². The maximum Gasteiger partial charge on any atom is -0.000840 e. The van der Waals surface area contributed by atoms with Gasteiger partial charge in [-0.1, -0.05) is 66.5 Å². The second-order valence-corrected chi connectivity index (χ2v) is 10.5. The average molecular weight is 329 g/mol.